The van der Waals surface area contributed by atoms with E-state index in [0.717, 1.165) is 24.9 Å². The second kappa shape index (κ2) is 9.83. The molecule has 30 heavy (non-hydrogen) atoms. The van der Waals surface area contributed by atoms with Gasteiger partial charge in [-0.15, -0.1) is 0 Å². The number of halogens is 1. The minimum Gasteiger partial charge on any atom is -0.348 e. The molecule has 0 bridgehead atoms. The topological polar surface area (TPSA) is 66.9 Å². The predicted molar refractivity (Wildman–Crippen MR) is 118 cm³/mol. The number of carbonyl (C=O) groups is 1. The Morgan fingerprint density at radius 3 is 2.63 bits per heavy atom. The molecule has 0 radical (unpaired) electrons. The van der Waals surface area contributed by atoms with Gasteiger partial charge in [0.25, 0.3) is 5.91 Å². The van der Waals surface area contributed by atoms with Gasteiger partial charge in [0, 0.05) is 31.7 Å². The highest BCUT2D eigenvalue weighted by molar-refractivity contribution is 6.33. The predicted octanol–water partition coefficient (Wildman–Crippen LogP) is 4.62. The van der Waals surface area contributed by atoms with Crippen LogP contribution in [0.15, 0.2) is 61.1 Å². The van der Waals surface area contributed by atoms with E-state index >= 15 is 0 Å². The lowest BCUT2D eigenvalue weighted by Gasteiger charge is -2.18. The van der Waals surface area contributed by atoms with Crippen LogP contribution in [0.1, 0.15) is 58.0 Å². The quantitative estimate of drug-likeness (QED) is 0.571. The monoisotopic (exact) mass is 420 g/mol. The number of aromatic nitrogens is 2. The van der Waals surface area contributed by atoms with Crippen molar-refractivity contribution in [3.8, 4) is 0 Å². The maximum atomic E-state index is 12.3. The molecule has 154 valence electrons. The largest absolute Gasteiger partial charge is 0.348 e. The van der Waals surface area contributed by atoms with Crippen LogP contribution in [-0.4, -0.2) is 15.9 Å². The van der Waals surface area contributed by atoms with Crippen LogP contribution in [0.25, 0.3) is 0 Å². The molecule has 0 saturated carbocycles. The summed E-state index contributed by atoms with van der Waals surface area (Å²) in [4.78, 5) is 20.8. The summed E-state index contributed by atoms with van der Waals surface area (Å²) in [5.74, 6) is -0.201. The number of amides is 1. The average molecular weight is 421 g/mol. The van der Waals surface area contributed by atoms with E-state index in [2.05, 4.69) is 38.8 Å². The molecule has 0 fully saturated rings. The maximum Gasteiger partial charge on any atom is 0.253 e. The van der Waals surface area contributed by atoms with E-state index in [1.807, 2.05) is 24.4 Å². The first-order chi connectivity index (χ1) is 14.7. The molecule has 4 rings (SSSR count). The fourth-order valence-electron chi connectivity index (χ4n) is 3.83. The van der Waals surface area contributed by atoms with Crippen LogP contribution >= 0.6 is 11.6 Å². The zero-order valence-corrected chi connectivity index (χ0v) is 17.5. The Balaban J connectivity index is 1.32. The highest BCUT2D eigenvalue weighted by Gasteiger charge is 2.19. The van der Waals surface area contributed by atoms with Crippen molar-refractivity contribution >= 4 is 17.5 Å². The van der Waals surface area contributed by atoms with Crippen molar-refractivity contribution < 1.29 is 4.79 Å². The summed E-state index contributed by atoms with van der Waals surface area (Å²) < 4.78 is 0. The number of hydrogen-bond donors (Lipinski definition) is 2. The minimum absolute atomic E-state index is 0.201. The van der Waals surface area contributed by atoms with Crippen LogP contribution < -0.4 is 10.6 Å². The van der Waals surface area contributed by atoms with Crippen molar-refractivity contribution in [3.05, 3.63) is 94.0 Å². The summed E-state index contributed by atoms with van der Waals surface area (Å²) >= 11 is 6.03. The number of fused-ring (bicyclic) bond motifs is 1. The van der Waals surface area contributed by atoms with Crippen molar-refractivity contribution in [3.63, 3.8) is 0 Å². The van der Waals surface area contributed by atoms with E-state index in [-0.39, 0.29) is 5.91 Å². The number of nitrogens with zero attached hydrogens (tertiary/aromatic N) is 2. The Kier molecular flexibility index (Phi) is 6.72. The Labute approximate surface area is 181 Å². The van der Waals surface area contributed by atoms with E-state index in [0.29, 0.717) is 23.2 Å². The van der Waals surface area contributed by atoms with Crippen LogP contribution in [-0.2, 0) is 19.5 Å². The number of rotatable bonds is 6. The van der Waals surface area contributed by atoms with Crippen LogP contribution in [0.5, 0.6) is 0 Å². The van der Waals surface area contributed by atoms with E-state index in [4.69, 9.17) is 11.6 Å². The third-order valence-corrected chi connectivity index (χ3v) is 5.79. The number of pyridine rings is 2. The molecule has 5 nitrogen and oxygen atoms in total. The standard InChI is InChI=1S/C24H25ClN4O/c25-21-16-26-13-11-20(21)24(30)29-15-18-9-7-17(8-10-18)14-28-22-6-2-1-4-19-5-3-12-27-23(19)22/h3,5,7-13,16,22,28H,1-2,4,6,14-15H2,(H,29,30). The lowest BCUT2D eigenvalue weighted by molar-refractivity contribution is 0.0951. The average Bonchev–Trinajstić information content (AvgIpc) is 2.99. The third kappa shape index (κ3) is 5.04. The first-order valence-corrected chi connectivity index (χ1v) is 10.7. The molecule has 1 atom stereocenters. The third-order valence-electron chi connectivity index (χ3n) is 5.49. The van der Waals surface area contributed by atoms with Crippen LogP contribution in [0.3, 0.4) is 0 Å². The van der Waals surface area contributed by atoms with E-state index in [1.165, 1.54) is 35.9 Å². The molecule has 6 heteroatoms. The molecular weight excluding hydrogens is 396 g/mol. The highest BCUT2D eigenvalue weighted by Crippen LogP contribution is 2.27. The van der Waals surface area contributed by atoms with Crippen molar-refractivity contribution in [2.45, 2.75) is 44.8 Å². The summed E-state index contributed by atoms with van der Waals surface area (Å²) in [6.07, 6.45) is 9.60. The van der Waals surface area contributed by atoms with Gasteiger partial charge in [-0.05, 0) is 48.1 Å². The number of benzene rings is 1. The second-order valence-electron chi connectivity index (χ2n) is 7.58. The van der Waals surface area contributed by atoms with Gasteiger partial charge >= 0.3 is 0 Å². The molecule has 1 aliphatic rings. The summed E-state index contributed by atoms with van der Waals surface area (Å²) in [6, 6.07) is 14.4. The molecule has 1 amide bonds. The van der Waals surface area contributed by atoms with E-state index < -0.39 is 0 Å². The molecule has 1 aliphatic carbocycles. The Morgan fingerprint density at radius 1 is 1.03 bits per heavy atom. The fraction of sp³-hybridized carbons (Fsp3) is 0.292. The first kappa shape index (κ1) is 20.5. The molecular formula is C24H25ClN4O. The molecule has 0 spiro atoms. The van der Waals surface area contributed by atoms with Gasteiger partial charge in [0.2, 0.25) is 0 Å². The summed E-state index contributed by atoms with van der Waals surface area (Å²) in [5, 5.41) is 6.93. The zero-order chi connectivity index (χ0) is 20.8. The first-order valence-electron chi connectivity index (χ1n) is 10.3. The van der Waals surface area contributed by atoms with Gasteiger partial charge in [-0.3, -0.25) is 14.8 Å². The Hall–Kier alpha value is -2.76. The number of carbonyl (C=O) groups excluding carboxylic acids is 1. The van der Waals surface area contributed by atoms with Crippen LogP contribution in [0.2, 0.25) is 5.02 Å². The molecule has 3 aromatic rings. The molecule has 1 aromatic carbocycles. The van der Waals surface area contributed by atoms with E-state index in [1.54, 1.807) is 12.3 Å². The van der Waals surface area contributed by atoms with Crippen molar-refractivity contribution in [2.24, 2.45) is 0 Å². The van der Waals surface area contributed by atoms with E-state index in [9.17, 15) is 4.79 Å². The van der Waals surface area contributed by atoms with Gasteiger partial charge in [0.1, 0.15) is 0 Å². The molecule has 0 saturated heterocycles. The summed E-state index contributed by atoms with van der Waals surface area (Å²) in [5.41, 5.74) is 5.25. The summed E-state index contributed by atoms with van der Waals surface area (Å²) in [7, 11) is 0. The summed E-state index contributed by atoms with van der Waals surface area (Å²) in [6.45, 7) is 1.24. The zero-order valence-electron chi connectivity index (χ0n) is 16.8. The molecule has 1 unspecified atom stereocenters. The lowest BCUT2D eigenvalue weighted by atomic mass is 10.0. The lowest BCUT2D eigenvalue weighted by Crippen LogP contribution is -2.23. The Morgan fingerprint density at radius 2 is 1.83 bits per heavy atom. The van der Waals surface area contributed by atoms with Crippen molar-refractivity contribution in [1.29, 1.82) is 0 Å². The van der Waals surface area contributed by atoms with Gasteiger partial charge in [-0.25, -0.2) is 0 Å². The molecule has 2 N–H and O–H groups in total. The van der Waals surface area contributed by atoms with Gasteiger partial charge in [-0.2, -0.15) is 0 Å². The van der Waals surface area contributed by atoms with Crippen LogP contribution in [0.4, 0.5) is 0 Å². The molecule has 0 aliphatic heterocycles. The Bertz CT molecular complexity index is 1010. The van der Waals surface area contributed by atoms with Crippen molar-refractivity contribution in [1.82, 2.24) is 20.6 Å². The van der Waals surface area contributed by atoms with Crippen molar-refractivity contribution in [2.75, 3.05) is 0 Å². The number of hydrogen-bond acceptors (Lipinski definition) is 4. The SMILES string of the molecule is O=C(NCc1ccc(CNC2CCCCc3cccnc32)cc1)c1ccncc1Cl. The number of nitrogens with one attached hydrogen (secondary N) is 2. The fourth-order valence-corrected chi connectivity index (χ4v) is 4.03. The minimum atomic E-state index is -0.201. The normalized spacial score (nSPS) is 15.8. The van der Waals surface area contributed by atoms with Gasteiger partial charge in [0.15, 0.2) is 0 Å². The molecule has 2 heterocycles. The second-order valence-corrected chi connectivity index (χ2v) is 7.99. The van der Waals surface area contributed by atoms with Gasteiger partial charge in [-0.1, -0.05) is 48.4 Å². The van der Waals surface area contributed by atoms with Crippen LogP contribution in [0, 0.1) is 0 Å². The van der Waals surface area contributed by atoms with Gasteiger partial charge < -0.3 is 10.6 Å². The smallest absolute Gasteiger partial charge is 0.253 e. The number of aryl methyl sites for hydroxylation is 1. The maximum absolute atomic E-state index is 12.3. The molecule has 2 aromatic heterocycles. The highest BCUT2D eigenvalue weighted by atomic mass is 35.5. The van der Waals surface area contributed by atoms with Gasteiger partial charge in [0.05, 0.1) is 22.3 Å².